The zero-order valence-corrected chi connectivity index (χ0v) is 22.7. The first-order chi connectivity index (χ1) is 16.4. The lowest BCUT2D eigenvalue weighted by Gasteiger charge is -2.32. The summed E-state index contributed by atoms with van der Waals surface area (Å²) in [5, 5.41) is 6.07. The van der Waals surface area contributed by atoms with Gasteiger partial charge in [-0.2, -0.15) is 0 Å². The molecule has 35 heavy (non-hydrogen) atoms. The Morgan fingerprint density at radius 3 is 2.34 bits per heavy atom. The molecule has 7 nitrogen and oxygen atoms in total. The topological polar surface area (TPSA) is 85.9 Å². The third kappa shape index (κ3) is 9.58. The molecule has 1 amide bonds. The first kappa shape index (κ1) is 29.3. The van der Waals surface area contributed by atoms with E-state index >= 15 is 0 Å². The largest absolute Gasteiger partial charge is 0.460 e. The van der Waals surface area contributed by atoms with Gasteiger partial charge in [-0.1, -0.05) is 63.9 Å². The summed E-state index contributed by atoms with van der Waals surface area (Å²) in [6.07, 6.45) is 4.49. The molecule has 0 saturated carbocycles. The number of benzene rings is 1. The van der Waals surface area contributed by atoms with Crippen LogP contribution in [0, 0.1) is 5.92 Å². The Morgan fingerprint density at radius 2 is 1.77 bits per heavy atom. The van der Waals surface area contributed by atoms with Crippen LogP contribution in [0.3, 0.4) is 0 Å². The Morgan fingerprint density at radius 1 is 1.14 bits per heavy atom. The summed E-state index contributed by atoms with van der Waals surface area (Å²) in [5.41, 5.74) is 0.646. The molecule has 0 aliphatic carbocycles. The Labute approximate surface area is 212 Å². The molecule has 0 aromatic heterocycles. The van der Waals surface area contributed by atoms with Gasteiger partial charge in [0.15, 0.2) is 0 Å². The minimum atomic E-state index is -0.340. The number of rotatable bonds is 9. The van der Waals surface area contributed by atoms with Gasteiger partial charge in [0.1, 0.15) is 12.6 Å². The molecule has 2 aliphatic rings. The fourth-order valence-electron chi connectivity index (χ4n) is 3.97. The number of carbonyl (C=O) groups is 2. The molecule has 0 spiro atoms. The van der Waals surface area contributed by atoms with Crippen molar-refractivity contribution >= 4 is 19.0 Å². The molecule has 8 heteroatoms. The van der Waals surface area contributed by atoms with Gasteiger partial charge in [-0.05, 0) is 51.9 Å². The molecule has 3 rings (SSSR count). The second-order valence-corrected chi connectivity index (χ2v) is 11.0. The van der Waals surface area contributed by atoms with Crippen LogP contribution >= 0.6 is 0 Å². The molecule has 2 fully saturated rings. The van der Waals surface area contributed by atoms with Gasteiger partial charge in [0.2, 0.25) is 5.91 Å². The molecule has 2 N–H and O–H groups in total. The van der Waals surface area contributed by atoms with Crippen molar-refractivity contribution in [2.24, 2.45) is 5.92 Å². The van der Waals surface area contributed by atoms with Crippen molar-refractivity contribution in [3.63, 3.8) is 0 Å². The number of hydrogen-bond acceptors (Lipinski definition) is 6. The van der Waals surface area contributed by atoms with E-state index in [1.165, 1.54) is 12.8 Å². The van der Waals surface area contributed by atoms with Crippen molar-refractivity contribution in [3.05, 3.63) is 35.9 Å². The van der Waals surface area contributed by atoms with Crippen LogP contribution in [0.15, 0.2) is 30.3 Å². The molecule has 2 heterocycles. The summed E-state index contributed by atoms with van der Waals surface area (Å²) in [6.45, 7) is 15.5. The number of nitrogens with one attached hydrogen (secondary N) is 2. The van der Waals surface area contributed by atoms with E-state index in [4.69, 9.17) is 14.0 Å². The van der Waals surface area contributed by atoms with E-state index < -0.39 is 0 Å². The molecule has 2 saturated heterocycles. The van der Waals surface area contributed by atoms with Crippen molar-refractivity contribution in [3.8, 4) is 0 Å². The monoisotopic (exact) mass is 488 g/mol. The third-order valence-corrected chi connectivity index (χ3v) is 6.69. The quantitative estimate of drug-likeness (QED) is 0.393. The minimum absolute atomic E-state index is 0.000486. The molecular formula is C27H45BN2O5. The fourth-order valence-corrected chi connectivity index (χ4v) is 3.97. The van der Waals surface area contributed by atoms with E-state index in [9.17, 15) is 9.59 Å². The first-order valence-corrected chi connectivity index (χ1v) is 13.0. The second kappa shape index (κ2) is 13.4. The zero-order valence-electron chi connectivity index (χ0n) is 22.7. The average molecular weight is 488 g/mol. The van der Waals surface area contributed by atoms with Crippen LogP contribution in [0.25, 0.3) is 0 Å². The lowest BCUT2D eigenvalue weighted by atomic mass is 9.82. The molecule has 196 valence electrons. The summed E-state index contributed by atoms with van der Waals surface area (Å²) in [5.74, 6) is 0.116. The molecular weight excluding hydrogens is 443 g/mol. The van der Waals surface area contributed by atoms with Crippen molar-refractivity contribution in [1.82, 2.24) is 10.6 Å². The number of esters is 1. The van der Waals surface area contributed by atoms with E-state index in [-0.39, 0.29) is 48.9 Å². The Kier molecular flexibility index (Phi) is 11.3. The highest BCUT2D eigenvalue weighted by Crippen LogP contribution is 2.38. The summed E-state index contributed by atoms with van der Waals surface area (Å²) in [6, 6.07) is 9.26. The van der Waals surface area contributed by atoms with E-state index in [1.807, 2.05) is 44.2 Å². The van der Waals surface area contributed by atoms with Crippen molar-refractivity contribution in [2.75, 3.05) is 6.54 Å². The predicted molar refractivity (Wildman–Crippen MR) is 140 cm³/mol. The fraction of sp³-hybridized carbons (Fsp3) is 0.704. The van der Waals surface area contributed by atoms with Crippen molar-refractivity contribution in [2.45, 2.75) is 110 Å². The van der Waals surface area contributed by atoms with Crippen LogP contribution < -0.4 is 10.6 Å². The molecule has 2 unspecified atom stereocenters. The molecule has 0 bridgehead atoms. The minimum Gasteiger partial charge on any atom is -0.460 e. The van der Waals surface area contributed by atoms with Gasteiger partial charge in [0.25, 0.3) is 0 Å². The van der Waals surface area contributed by atoms with E-state index in [2.05, 4.69) is 45.3 Å². The van der Waals surface area contributed by atoms with Gasteiger partial charge in [-0.15, -0.1) is 0 Å². The molecule has 2 aliphatic heterocycles. The van der Waals surface area contributed by atoms with Crippen LogP contribution in [0.1, 0.15) is 79.7 Å². The maximum atomic E-state index is 12.0. The maximum absolute atomic E-state index is 12.0. The van der Waals surface area contributed by atoms with Crippen LogP contribution in [0.2, 0.25) is 6.32 Å². The van der Waals surface area contributed by atoms with Crippen LogP contribution in [0.5, 0.6) is 0 Å². The highest BCUT2D eigenvalue weighted by Gasteiger charge is 2.50. The number of amides is 1. The molecule has 1 aromatic carbocycles. The van der Waals surface area contributed by atoms with Gasteiger partial charge in [-0.3, -0.25) is 9.59 Å². The normalized spacial score (nSPS) is 22.5. The maximum Gasteiger partial charge on any atom is 0.457 e. The number of hydrogen-bond donors (Lipinski definition) is 2. The number of ether oxygens (including phenoxy) is 1. The second-order valence-electron chi connectivity index (χ2n) is 11.0. The molecule has 1 aromatic rings. The highest BCUT2D eigenvalue weighted by molar-refractivity contribution is 6.45. The van der Waals surface area contributed by atoms with Crippen LogP contribution in [0.4, 0.5) is 0 Å². The van der Waals surface area contributed by atoms with Crippen LogP contribution in [-0.4, -0.2) is 48.8 Å². The first-order valence-electron chi connectivity index (χ1n) is 13.0. The molecule has 0 radical (unpaired) electrons. The Bertz CT molecular complexity index is 784. The molecule has 2 atom stereocenters. The van der Waals surface area contributed by atoms with Crippen molar-refractivity contribution in [1.29, 1.82) is 0 Å². The highest BCUT2D eigenvalue weighted by atomic mass is 16.7. The van der Waals surface area contributed by atoms with E-state index in [0.717, 1.165) is 11.9 Å². The lowest BCUT2D eigenvalue weighted by molar-refractivity contribution is -0.147. The summed E-state index contributed by atoms with van der Waals surface area (Å²) >= 11 is 0. The number of unbranched alkanes of at least 4 members (excludes halogenated alkanes) is 1. The summed E-state index contributed by atoms with van der Waals surface area (Å²) in [7, 11) is 0.00458. The standard InChI is InChI=1S/C17H24N2O3.C10H21BO2/c1-12(2)8-16(20)19-14-9-15(18-10-14)17(21)22-11-13-6-4-3-5-7-13;1-6-7-8-11-12-9(2,3)10(4,5)13-11/h3-7,12,14-15,18H,8-11H2,1-2H3,(H,19,20);6-8H2,1-5H3. The average Bonchev–Trinajstić information content (AvgIpc) is 3.32. The Hall–Kier alpha value is -1.90. The lowest BCUT2D eigenvalue weighted by Crippen LogP contribution is -2.41. The zero-order chi connectivity index (χ0) is 26.1. The van der Waals surface area contributed by atoms with Crippen molar-refractivity contribution < 1.29 is 23.6 Å². The van der Waals surface area contributed by atoms with Gasteiger partial charge >= 0.3 is 13.1 Å². The van der Waals surface area contributed by atoms with Gasteiger partial charge in [0, 0.05) is 19.0 Å². The smallest absolute Gasteiger partial charge is 0.457 e. The van der Waals surface area contributed by atoms with Gasteiger partial charge in [-0.25, -0.2) is 0 Å². The predicted octanol–water partition coefficient (Wildman–Crippen LogP) is 4.50. The van der Waals surface area contributed by atoms with Gasteiger partial charge in [0.05, 0.1) is 11.2 Å². The SMILES string of the molecule is CC(C)CC(=O)NC1CNC(C(=O)OCc2ccccc2)C1.CCCCB1OC(C)(C)C(C)(C)O1. The van der Waals surface area contributed by atoms with Gasteiger partial charge < -0.3 is 24.7 Å². The number of carbonyl (C=O) groups excluding carboxylic acids is 2. The Balaban J connectivity index is 0.000000283. The van der Waals surface area contributed by atoms with Crippen LogP contribution in [-0.2, 0) is 30.2 Å². The summed E-state index contributed by atoms with van der Waals surface area (Å²) < 4.78 is 17.0. The van der Waals surface area contributed by atoms with E-state index in [0.29, 0.717) is 25.3 Å². The third-order valence-electron chi connectivity index (χ3n) is 6.69. The summed E-state index contributed by atoms with van der Waals surface area (Å²) in [4.78, 5) is 23.8. The van der Waals surface area contributed by atoms with E-state index in [1.54, 1.807) is 0 Å².